The Balaban J connectivity index is 1.82. The molecule has 0 amide bonds. The fourth-order valence-electron chi connectivity index (χ4n) is 4.74. The summed E-state index contributed by atoms with van der Waals surface area (Å²) in [7, 11) is 11.3. The summed E-state index contributed by atoms with van der Waals surface area (Å²) < 4.78 is 34.4. The van der Waals surface area contributed by atoms with Crippen LogP contribution in [0.1, 0.15) is 51.4 Å². The van der Waals surface area contributed by atoms with Gasteiger partial charge < -0.3 is 26.6 Å². The predicted octanol–water partition coefficient (Wildman–Crippen LogP) is 5.40. The molecule has 0 heterocycles. The first-order valence-electron chi connectivity index (χ1n) is 10.3. The van der Waals surface area contributed by atoms with E-state index in [9.17, 15) is 0 Å². The Morgan fingerprint density at radius 2 is 0.897 bits per heavy atom. The summed E-state index contributed by atoms with van der Waals surface area (Å²) in [5, 5.41) is 1.26. The molecule has 0 spiro atoms. The van der Waals surface area contributed by atoms with Crippen molar-refractivity contribution in [1.82, 2.24) is 0 Å². The molecule has 0 aromatic carbocycles. The second kappa shape index (κ2) is 13.1. The molecule has 2 fully saturated rings. The number of hydrogen-bond donors (Lipinski definition) is 0. The highest BCUT2D eigenvalue weighted by Gasteiger charge is 2.50. The largest absolute Gasteiger partial charge is 0.503 e. The van der Waals surface area contributed by atoms with E-state index in [1.165, 1.54) is 25.7 Å². The highest BCUT2D eigenvalue weighted by Crippen LogP contribution is 2.52. The molecule has 11 heteroatoms. The van der Waals surface area contributed by atoms with Crippen LogP contribution in [0.25, 0.3) is 0 Å². The van der Waals surface area contributed by atoms with Crippen molar-refractivity contribution >= 4 is 49.0 Å². The Labute approximate surface area is 190 Å². The van der Waals surface area contributed by atoms with Crippen molar-refractivity contribution in [1.29, 1.82) is 0 Å². The summed E-state index contributed by atoms with van der Waals surface area (Å²) in [5.41, 5.74) is 0.797. The molecular formula is C18H38O6S3Si2. The van der Waals surface area contributed by atoms with Gasteiger partial charge >= 0.3 is 17.6 Å². The molecular weight excluding hydrogens is 465 g/mol. The first kappa shape index (κ1) is 26.5. The van der Waals surface area contributed by atoms with Crippen molar-refractivity contribution in [3.63, 3.8) is 0 Å². The molecule has 0 aliphatic heterocycles. The maximum absolute atomic E-state index is 5.74. The normalized spacial score (nSPS) is 29.2. The van der Waals surface area contributed by atoms with E-state index in [4.69, 9.17) is 26.6 Å². The Kier molecular flexibility index (Phi) is 11.9. The average molecular weight is 503 g/mol. The van der Waals surface area contributed by atoms with Crippen molar-refractivity contribution in [3.05, 3.63) is 0 Å². The first-order valence-corrected chi connectivity index (χ1v) is 17.5. The van der Waals surface area contributed by atoms with Crippen molar-refractivity contribution in [2.75, 3.05) is 42.7 Å². The minimum Gasteiger partial charge on any atom is -0.377 e. The summed E-state index contributed by atoms with van der Waals surface area (Å²) >= 11 is 0. The molecule has 0 aromatic heterocycles. The second-order valence-corrected chi connectivity index (χ2v) is 18.8. The standard InChI is InChI=1S/C18H38O6S3Si2/c1-19-28(20-2,21-3)17-11-7-9-15(13-17)25-27-26-16-10-8-12-18(14-16)29(22-4,23-5)24-6/h15-18H,7-14H2,1-6H3. The molecule has 172 valence electrons. The molecule has 2 saturated carbocycles. The van der Waals surface area contributed by atoms with Crippen LogP contribution in [0.2, 0.25) is 11.1 Å². The molecule has 0 radical (unpaired) electrons. The third kappa shape index (κ3) is 6.62. The molecule has 2 rings (SSSR count). The van der Waals surface area contributed by atoms with E-state index in [0.29, 0.717) is 21.6 Å². The number of hydrogen-bond acceptors (Lipinski definition) is 9. The van der Waals surface area contributed by atoms with Gasteiger partial charge in [0.25, 0.3) is 0 Å². The highest BCUT2D eigenvalue weighted by molar-refractivity contribution is 9.09. The third-order valence-electron chi connectivity index (χ3n) is 6.31. The van der Waals surface area contributed by atoms with Crippen LogP contribution in [-0.4, -0.2) is 70.8 Å². The molecule has 0 saturated heterocycles. The van der Waals surface area contributed by atoms with Crippen LogP contribution in [0.4, 0.5) is 0 Å². The van der Waals surface area contributed by atoms with Crippen LogP contribution in [0.15, 0.2) is 0 Å². The van der Waals surface area contributed by atoms with Crippen molar-refractivity contribution in [2.24, 2.45) is 0 Å². The van der Waals surface area contributed by atoms with Gasteiger partial charge in [0.1, 0.15) is 0 Å². The van der Waals surface area contributed by atoms with Crippen LogP contribution < -0.4 is 0 Å². The van der Waals surface area contributed by atoms with Gasteiger partial charge in [-0.3, -0.25) is 0 Å². The second-order valence-electron chi connectivity index (χ2n) is 7.66. The van der Waals surface area contributed by atoms with E-state index in [-0.39, 0.29) is 0 Å². The van der Waals surface area contributed by atoms with E-state index in [1.54, 1.807) is 42.7 Å². The van der Waals surface area contributed by atoms with Gasteiger partial charge in [0.05, 0.1) is 0 Å². The Morgan fingerprint density at radius 3 is 1.21 bits per heavy atom. The molecule has 29 heavy (non-hydrogen) atoms. The maximum atomic E-state index is 5.74. The molecule has 4 atom stereocenters. The lowest BCUT2D eigenvalue weighted by Crippen LogP contribution is -2.49. The topological polar surface area (TPSA) is 55.4 Å². The highest BCUT2D eigenvalue weighted by atomic mass is 33.5. The summed E-state index contributed by atoms with van der Waals surface area (Å²) in [6, 6.07) is 0. The summed E-state index contributed by atoms with van der Waals surface area (Å²) in [6.45, 7) is 0. The fraction of sp³-hybridized carbons (Fsp3) is 1.00. The molecule has 2 aliphatic rings. The quantitative estimate of drug-likeness (QED) is 0.258. The summed E-state index contributed by atoms with van der Waals surface area (Å²) in [5.74, 6) is 0. The SMILES string of the molecule is CO[Si](OC)(OC)C1CCCC(SSSC2CCCC([Si](OC)(OC)OC)C2)C1. The lowest BCUT2D eigenvalue weighted by molar-refractivity contribution is 0.104. The van der Waals surface area contributed by atoms with Gasteiger partial charge in [0.15, 0.2) is 0 Å². The predicted molar refractivity (Wildman–Crippen MR) is 128 cm³/mol. The zero-order valence-corrected chi connectivity index (χ0v) is 23.1. The molecule has 0 N–H and O–H groups in total. The van der Waals surface area contributed by atoms with Gasteiger partial charge in [-0.15, -0.1) is 0 Å². The zero-order valence-electron chi connectivity index (χ0n) is 18.6. The Bertz CT molecular complexity index is 414. The van der Waals surface area contributed by atoms with Gasteiger partial charge in [-0.2, -0.15) is 0 Å². The maximum Gasteiger partial charge on any atom is 0.503 e. The smallest absolute Gasteiger partial charge is 0.377 e. The van der Waals surface area contributed by atoms with E-state index in [1.807, 2.05) is 31.4 Å². The first-order chi connectivity index (χ1) is 14.0. The van der Waals surface area contributed by atoms with Crippen molar-refractivity contribution < 1.29 is 26.6 Å². The molecule has 2 aliphatic carbocycles. The minimum absolute atomic E-state index is 0.398. The number of rotatable bonds is 12. The van der Waals surface area contributed by atoms with E-state index in [0.717, 1.165) is 25.7 Å². The molecule has 4 unspecified atom stereocenters. The minimum atomic E-state index is -2.54. The van der Waals surface area contributed by atoms with Crippen LogP contribution in [-0.2, 0) is 26.6 Å². The van der Waals surface area contributed by atoms with E-state index in [2.05, 4.69) is 0 Å². The van der Waals surface area contributed by atoms with Gasteiger partial charge in [-0.25, -0.2) is 0 Å². The van der Waals surface area contributed by atoms with Gasteiger partial charge in [-0.05, 0) is 48.4 Å². The van der Waals surface area contributed by atoms with Crippen LogP contribution in [0, 0.1) is 0 Å². The Hall–Kier alpha value is 1.24. The van der Waals surface area contributed by atoms with Gasteiger partial charge in [0, 0.05) is 64.2 Å². The monoisotopic (exact) mass is 502 g/mol. The lowest BCUT2D eigenvalue weighted by atomic mass is 9.99. The zero-order chi connectivity index (χ0) is 21.3. The third-order valence-corrected chi connectivity index (χ3v) is 17.8. The van der Waals surface area contributed by atoms with E-state index < -0.39 is 17.6 Å². The fourth-order valence-corrected chi connectivity index (χ4v) is 16.0. The van der Waals surface area contributed by atoms with Crippen LogP contribution in [0.3, 0.4) is 0 Å². The van der Waals surface area contributed by atoms with Crippen molar-refractivity contribution in [3.8, 4) is 0 Å². The van der Waals surface area contributed by atoms with Gasteiger partial charge in [0.2, 0.25) is 0 Å². The van der Waals surface area contributed by atoms with Crippen LogP contribution in [0.5, 0.6) is 0 Å². The Morgan fingerprint density at radius 1 is 0.552 bits per heavy atom. The van der Waals surface area contributed by atoms with Gasteiger partial charge in [-0.1, -0.05) is 34.4 Å². The molecule has 6 nitrogen and oxygen atoms in total. The molecule has 0 bridgehead atoms. The summed E-state index contributed by atoms with van der Waals surface area (Å²) in [6.07, 6.45) is 9.45. The lowest BCUT2D eigenvalue weighted by Gasteiger charge is -2.38. The van der Waals surface area contributed by atoms with E-state index >= 15 is 0 Å². The van der Waals surface area contributed by atoms with Crippen LogP contribution >= 0.6 is 31.4 Å². The molecule has 0 aromatic rings. The average Bonchev–Trinajstić information content (AvgIpc) is 2.78. The summed E-state index contributed by atoms with van der Waals surface area (Å²) in [4.78, 5) is 0. The van der Waals surface area contributed by atoms with Crippen molar-refractivity contribution in [2.45, 2.75) is 72.9 Å².